The molecule has 4 fully saturated rings. The van der Waals surface area contributed by atoms with Crippen molar-refractivity contribution in [1.82, 2.24) is 25.5 Å². The topological polar surface area (TPSA) is 72.7 Å². The summed E-state index contributed by atoms with van der Waals surface area (Å²) in [7, 11) is 0. The number of hydrogen-bond acceptors (Lipinski definition) is 5. The lowest BCUT2D eigenvalue weighted by atomic mass is 9.53. The van der Waals surface area contributed by atoms with Crippen molar-refractivity contribution in [3.63, 3.8) is 0 Å². The number of halogens is 1. The monoisotopic (exact) mass is 387 g/mol. The first-order valence-corrected chi connectivity index (χ1v) is 10.6. The molecule has 1 aromatic heterocycles. The highest BCUT2D eigenvalue weighted by Gasteiger charge is 2.51. The van der Waals surface area contributed by atoms with Crippen molar-refractivity contribution in [3.8, 4) is 5.69 Å². The fourth-order valence-corrected chi connectivity index (χ4v) is 6.46. The maximum atomic E-state index is 13.5. The van der Waals surface area contributed by atoms with Gasteiger partial charge in [-0.25, -0.2) is 4.39 Å². The first kappa shape index (κ1) is 17.2. The summed E-state index contributed by atoms with van der Waals surface area (Å²) in [5.41, 5.74) is 0.560. The normalized spacial score (nSPS) is 31.2. The van der Waals surface area contributed by atoms with Gasteiger partial charge in [0, 0.05) is 5.54 Å². The number of amides is 1. The first-order valence-electron chi connectivity index (χ1n) is 9.57. The lowest BCUT2D eigenvalue weighted by molar-refractivity contribution is -0.124. The van der Waals surface area contributed by atoms with Crippen molar-refractivity contribution in [2.45, 2.75) is 49.2 Å². The zero-order valence-electron chi connectivity index (χ0n) is 15.0. The van der Waals surface area contributed by atoms with E-state index in [1.165, 1.54) is 47.8 Å². The minimum absolute atomic E-state index is 0.0148. The van der Waals surface area contributed by atoms with Gasteiger partial charge >= 0.3 is 0 Å². The lowest BCUT2D eigenvalue weighted by Crippen LogP contribution is -2.60. The molecule has 1 aromatic carbocycles. The van der Waals surface area contributed by atoms with Crippen LogP contribution in [0, 0.1) is 23.6 Å². The molecule has 4 aliphatic carbocycles. The Hall–Kier alpha value is -1.96. The van der Waals surface area contributed by atoms with Crippen molar-refractivity contribution >= 4 is 17.7 Å². The summed E-state index contributed by atoms with van der Waals surface area (Å²) in [6.07, 6.45) is 7.47. The molecule has 0 aliphatic heterocycles. The van der Waals surface area contributed by atoms with E-state index in [0.717, 1.165) is 37.0 Å². The predicted octanol–water partition coefficient (Wildman–Crippen LogP) is 2.98. The average Bonchev–Trinajstić information content (AvgIpc) is 3.07. The van der Waals surface area contributed by atoms with Gasteiger partial charge in [-0.3, -0.25) is 4.79 Å². The molecular formula is C19H22FN5OS. The van der Waals surface area contributed by atoms with Crippen LogP contribution in [0.1, 0.15) is 38.5 Å². The van der Waals surface area contributed by atoms with Crippen LogP contribution >= 0.6 is 11.8 Å². The van der Waals surface area contributed by atoms with Gasteiger partial charge in [-0.05, 0) is 84.9 Å². The van der Waals surface area contributed by atoms with Crippen LogP contribution in [0.5, 0.6) is 0 Å². The van der Waals surface area contributed by atoms with E-state index in [9.17, 15) is 9.18 Å². The molecule has 4 bridgehead atoms. The van der Waals surface area contributed by atoms with Crippen LogP contribution in [0.25, 0.3) is 5.69 Å². The maximum absolute atomic E-state index is 13.5. The van der Waals surface area contributed by atoms with E-state index >= 15 is 0 Å². The molecule has 2 aromatic rings. The smallest absolute Gasteiger partial charge is 0.230 e. The van der Waals surface area contributed by atoms with E-state index in [4.69, 9.17) is 0 Å². The Morgan fingerprint density at radius 2 is 1.93 bits per heavy atom. The van der Waals surface area contributed by atoms with Gasteiger partial charge < -0.3 is 5.32 Å². The van der Waals surface area contributed by atoms with Crippen LogP contribution in [0.15, 0.2) is 29.4 Å². The molecule has 1 heterocycles. The van der Waals surface area contributed by atoms with Gasteiger partial charge in [0.25, 0.3) is 0 Å². The predicted molar refractivity (Wildman–Crippen MR) is 98.9 cm³/mol. The second kappa shape index (κ2) is 6.58. The summed E-state index contributed by atoms with van der Waals surface area (Å²) in [5, 5.41) is 15.4. The number of thioether (sulfide) groups is 1. The van der Waals surface area contributed by atoms with Crippen LogP contribution in [0.3, 0.4) is 0 Å². The molecule has 4 saturated carbocycles. The molecule has 1 amide bonds. The molecule has 0 unspecified atom stereocenters. The minimum Gasteiger partial charge on any atom is -0.350 e. The Labute approximate surface area is 161 Å². The van der Waals surface area contributed by atoms with E-state index in [1.54, 1.807) is 12.1 Å². The third-order valence-corrected chi connectivity index (χ3v) is 7.19. The van der Waals surface area contributed by atoms with Crippen molar-refractivity contribution in [1.29, 1.82) is 0 Å². The number of benzene rings is 1. The molecule has 4 aliphatic rings. The van der Waals surface area contributed by atoms with Crippen molar-refractivity contribution < 1.29 is 9.18 Å². The summed E-state index contributed by atoms with van der Waals surface area (Å²) in [6.45, 7) is 0. The molecule has 0 saturated heterocycles. The molecule has 0 radical (unpaired) electrons. The molecule has 8 heteroatoms. The number of aromatic nitrogens is 4. The quantitative estimate of drug-likeness (QED) is 0.799. The fourth-order valence-electron chi connectivity index (χ4n) is 5.76. The third-order valence-electron chi connectivity index (χ3n) is 6.27. The molecule has 0 spiro atoms. The molecule has 1 N–H and O–H groups in total. The Morgan fingerprint density at radius 1 is 1.22 bits per heavy atom. The summed E-state index contributed by atoms with van der Waals surface area (Å²) in [4.78, 5) is 12.7. The number of carbonyl (C=O) groups is 1. The Kier molecular flexibility index (Phi) is 4.18. The summed E-state index contributed by atoms with van der Waals surface area (Å²) in [6, 6.07) is 6.09. The molecular weight excluding hydrogens is 365 g/mol. The largest absolute Gasteiger partial charge is 0.350 e. The first-order chi connectivity index (χ1) is 13.1. The number of rotatable bonds is 5. The summed E-state index contributed by atoms with van der Waals surface area (Å²) in [5.74, 6) is 2.34. The van der Waals surface area contributed by atoms with Crippen molar-refractivity contribution in [2.24, 2.45) is 17.8 Å². The van der Waals surface area contributed by atoms with Gasteiger partial charge in [0.15, 0.2) is 0 Å². The lowest BCUT2D eigenvalue weighted by Gasteiger charge is -2.56. The maximum Gasteiger partial charge on any atom is 0.230 e. The zero-order valence-corrected chi connectivity index (χ0v) is 15.8. The van der Waals surface area contributed by atoms with Gasteiger partial charge in [0.05, 0.1) is 11.4 Å². The average molecular weight is 387 g/mol. The second-order valence-corrected chi connectivity index (χ2v) is 9.33. The Balaban J connectivity index is 1.24. The number of carbonyl (C=O) groups excluding carboxylic acids is 1. The standard InChI is InChI=1S/C19H22FN5OS/c20-15-2-1-3-16(7-15)25-18(22-23-24-25)27-11-17(26)21-19-8-12-4-13(9-19)6-14(5-12)10-19/h1-3,7,12-14H,4-6,8-11H2,(H,21,26). The summed E-state index contributed by atoms with van der Waals surface area (Å²) >= 11 is 1.28. The molecule has 0 atom stereocenters. The van der Waals surface area contributed by atoms with Crippen LogP contribution in [0.4, 0.5) is 4.39 Å². The van der Waals surface area contributed by atoms with Crippen LogP contribution in [0.2, 0.25) is 0 Å². The van der Waals surface area contributed by atoms with Crippen molar-refractivity contribution in [3.05, 3.63) is 30.1 Å². The van der Waals surface area contributed by atoms with Gasteiger partial charge in [0.2, 0.25) is 11.1 Å². The van der Waals surface area contributed by atoms with Crippen LogP contribution in [-0.4, -0.2) is 37.4 Å². The highest BCUT2D eigenvalue weighted by molar-refractivity contribution is 7.99. The SMILES string of the molecule is O=C(CSc1nnnn1-c1cccc(F)c1)NC12CC3CC(CC(C3)C1)C2. The molecule has 6 rings (SSSR count). The van der Waals surface area contributed by atoms with Gasteiger partial charge in [-0.1, -0.05) is 17.8 Å². The Bertz CT molecular complexity index is 834. The number of tetrazole rings is 1. The van der Waals surface area contributed by atoms with E-state index in [-0.39, 0.29) is 23.0 Å². The molecule has 6 nitrogen and oxygen atoms in total. The fraction of sp³-hybridized carbons (Fsp3) is 0.579. The number of nitrogens with one attached hydrogen (secondary N) is 1. The van der Waals surface area contributed by atoms with E-state index < -0.39 is 0 Å². The second-order valence-electron chi connectivity index (χ2n) is 8.39. The van der Waals surface area contributed by atoms with Crippen molar-refractivity contribution in [2.75, 3.05) is 5.75 Å². The molecule has 142 valence electrons. The third kappa shape index (κ3) is 3.35. The zero-order chi connectivity index (χ0) is 18.4. The van der Waals surface area contributed by atoms with Gasteiger partial charge in [-0.15, -0.1) is 5.10 Å². The highest BCUT2D eigenvalue weighted by atomic mass is 32.2. The number of nitrogens with zero attached hydrogens (tertiary/aromatic N) is 4. The Morgan fingerprint density at radius 3 is 2.59 bits per heavy atom. The summed E-state index contributed by atoms with van der Waals surface area (Å²) < 4.78 is 14.9. The van der Waals surface area contributed by atoms with Gasteiger partial charge in [-0.2, -0.15) is 4.68 Å². The van der Waals surface area contributed by atoms with Gasteiger partial charge in [0.1, 0.15) is 5.82 Å². The number of hydrogen-bond donors (Lipinski definition) is 1. The van der Waals surface area contributed by atoms with E-state index in [0.29, 0.717) is 10.8 Å². The van der Waals surface area contributed by atoms with E-state index in [1.807, 2.05) is 0 Å². The van der Waals surface area contributed by atoms with Crippen LogP contribution in [-0.2, 0) is 4.79 Å². The highest BCUT2D eigenvalue weighted by Crippen LogP contribution is 2.55. The van der Waals surface area contributed by atoms with Crippen LogP contribution < -0.4 is 5.32 Å². The minimum atomic E-state index is -0.349. The molecule has 27 heavy (non-hydrogen) atoms. The van der Waals surface area contributed by atoms with E-state index in [2.05, 4.69) is 20.8 Å².